The van der Waals surface area contributed by atoms with E-state index in [0.717, 1.165) is 5.56 Å². The Bertz CT molecular complexity index is 1160. The molecule has 0 aromatic heterocycles. The molecule has 1 heterocycles. The first-order chi connectivity index (χ1) is 16.2. The Labute approximate surface area is 199 Å². The van der Waals surface area contributed by atoms with E-state index in [0.29, 0.717) is 24.7 Å². The molecule has 3 rings (SSSR count). The lowest BCUT2D eigenvalue weighted by Gasteiger charge is -2.26. The van der Waals surface area contributed by atoms with Crippen LogP contribution in [0.3, 0.4) is 0 Å². The standard InChI is InChI=1S/C23H28N4O6S/c1-17(18-7-9-20(10-8-18)33-16-22(28)26(2)3)24-25-23(29)19-5-4-6-21(15-19)34(30,31)27-11-13-32-14-12-27/h4-10,15H,11-14,16H2,1-3H3,(H,25,29)/b24-17-. The van der Waals surface area contributed by atoms with Crippen LogP contribution >= 0.6 is 0 Å². The van der Waals surface area contributed by atoms with Gasteiger partial charge < -0.3 is 14.4 Å². The molecule has 0 unspecified atom stereocenters. The predicted octanol–water partition coefficient (Wildman–Crippen LogP) is 1.33. The number of hydrazone groups is 1. The highest BCUT2D eigenvalue weighted by Crippen LogP contribution is 2.18. The lowest BCUT2D eigenvalue weighted by atomic mass is 10.1. The van der Waals surface area contributed by atoms with Crippen LogP contribution in [-0.4, -0.2) is 82.2 Å². The summed E-state index contributed by atoms with van der Waals surface area (Å²) in [6.45, 7) is 2.90. The van der Waals surface area contributed by atoms with Crippen LogP contribution in [0.2, 0.25) is 0 Å². The van der Waals surface area contributed by atoms with Crippen molar-refractivity contribution < 1.29 is 27.5 Å². The normalized spacial score (nSPS) is 15.0. The summed E-state index contributed by atoms with van der Waals surface area (Å²) >= 11 is 0. The van der Waals surface area contributed by atoms with Crippen LogP contribution < -0.4 is 10.2 Å². The maximum absolute atomic E-state index is 12.8. The van der Waals surface area contributed by atoms with Crippen molar-refractivity contribution in [3.8, 4) is 5.75 Å². The van der Waals surface area contributed by atoms with Gasteiger partial charge in [-0.2, -0.15) is 9.41 Å². The molecule has 0 bridgehead atoms. The van der Waals surface area contributed by atoms with Gasteiger partial charge in [0, 0.05) is 32.7 Å². The van der Waals surface area contributed by atoms with Crippen LogP contribution in [0.25, 0.3) is 0 Å². The number of amides is 2. The third-order valence-electron chi connectivity index (χ3n) is 5.16. The van der Waals surface area contributed by atoms with E-state index < -0.39 is 15.9 Å². The van der Waals surface area contributed by atoms with Crippen LogP contribution in [0.5, 0.6) is 5.75 Å². The van der Waals surface area contributed by atoms with E-state index in [1.54, 1.807) is 45.3 Å². The summed E-state index contributed by atoms with van der Waals surface area (Å²) in [5.41, 5.74) is 3.93. The quantitative estimate of drug-likeness (QED) is 0.443. The number of hydrogen-bond acceptors (Lipinski definition) is 7. The van der Waals surface area contributed by atoms with Crippen LogP contribution in [-0.2, 0) is 19.6 Å². The molecule has 11 heteroatoms. The number of rotatable bonds is 8. The predicted molar refractivity (Wildman–Crippen MR) is 126 cm³/mol. The number of ether oxygens (including phenoxy) is 2. The number of hydrogen-bond donors (Lipinski definition) is 1. The summed E-state index contributed by atoms with van der Waals surface area (Å²) in [6.07, 6.45) is 0. The minimum absolute atomic E-state index is 0.0473. The van der Waals surface area contributed by atoms with Gasteiger partial charge in [0.05, 0.1) is 23.8 Å². The number of benzene rings is 2. The van der Waals surface area contributed by atoms with E-state index in [9.17, 15) is 18.0 Å². The van der Waals surface area contributed by atoms with Gasteiger partial charge in [-0.15, -0.1) is 0 Å². The van der Waals surface area contributed by atoms with Crippen molar-refractivity contribution in [2.45, 2.75) is 11.8 Å². The van der Waals surface area contributed by atoms with E-state index in [1.165, 1.54) is 33.5 Å². The van der Waals surface area contributed by atoms with Crippen LogP contribution in [0.4, 0.5) is 0 Å². The monoisotopic (exact) mass is 488 g/mol. The van der Waals surface area contributed by atoms with Gasteiger partial charge in [0.25, 0.3) is 11.8 Å². The minimum Gasteiger partial charge on any atom is -0.484 e. The summed E-state index contributed by atoms with van der Waals surface area (Å²) in [5.74, 6) is -0.138. The second kappa shape index (κ2) is 11.2. The summed E-state index contributed by atoms with van der Waals surface area (Å²) in [5, 5.41) is 4.12. The Balaban J connectivity index is 1.64. The molecule has 34 heavy (non-hydrogen) atoms. The fourth-order valence-electron chi connectivity index (χ4n) is 3.06. The molecule has 2 aromatic rings. The average Bonchev–Trinajstić information content (AvgIpc) is 2.86. The maximum Gasteiger partial charge on any atom is 0.271 e. The van der Waals surface area contributed by atoms with Crippen LogP contribution in [0.15, 0.2) is 58.5 Å². The zero-order valence-corrected chi connectivity index (χ0v) is 20.2. The van der Waals surface area contributed by atoms with Crippen molar-refractivity contribution in [2.24, 2.45) is 5.10 Å². The van der Waals surface area contributed by atoms with E-state index in [2.05, 4.69) is 10.5 Å². The molecule has 10 nitrogen and oxygen atoms in total. The minimum atomic E-state index is -3.71. The molecule has 0 spiro atoms. The lowest BCUT2D eigenvalue weighted by molar-refractivity contribution is -0.130. The first-order valence-electron chi connectivity index (χ1n) is 10.6. The summed E-state index contributed by atoms with van der Waals surface area (Å²) in [7, 11) is -0.400. The molecular formula is C23H28N4O6S. The van der Waals surface area contributed by atoms with Gasteiger partial charge in [0.1, 0.15) is 5.75 Å². The first-order valence-corrected chi connectivity index (χ1v) is 12.1. The molecule has 0 atom stereocenters. The Kier molecular flexibility index (Phi) is 8.37. The Hall–Kier alpha value is -3.28. The van der Waals surface area contributed by atoms with Crippen molar-refractivity contribution in [2.75, 3.05) is 47.0 Å². The van der Waals surface area contributed by atoms with Gasteiger partial charge in [0.15, 0.2) is 6.61 Å². The number of sulfonamides is 1. The Morgan fingerprint density at radius 2 is 1.76 bits per heavy atom. The molecule has 0 radical (unpaired) electrons. The molecule has 0 aliphatic carbocycles. The summed E-state index contributed by atoms with van der Waals surface area (Å²) < 4.78 is 37.7. The average molecular weight is 489 g/mol. The summed E-state index contributed by atoms with van der Waals surface area (Å²) in [6, 6.07) is 12.8. The van der Waals surface area contributed by atoms with Gasteiger partial charge >= 0.3 is 0 Å². The molecule has 2 amide bonds. The number of nitrogens with zero attached hydrogens (tertiary/aromatic N) is 3. The third-order valence-corrected chi connectivity index (χ3v) is 7.06. The number of morpholine rings is 1. The number of nitrogens with one attached hydrogen (secondary N) is 1. The molecule has 1 saturated heterocycles. The molecule has 0 saturated carbocycles. The van der Waals surface area contributed by atoms with Gasteiger partial charge in [0.2, 0.25) is 10.0 Å². The topological polar surface area (TPSA) is 118 Å². The van der Waals surface area contributed by atoms with Crippen molar-refractivity contribution in [1.29, 1.82) is 0 Å². The molecule has 1 aliphatic rings. The molecule has 1 fully saturated rings. The largest absolute Gasteiger partial charge is 0.484 e. The molecule has 1 N–H and O–H groups in total. The maximum atomic E-state index is 12.8. The highest BCUT2D eigenvalue weighted by molar-refractivity contribution is 7.89. The van der Waals surface area contributed by atoms with Crippen molar-refractivity contribution in [3.63, 3.8) is 0 Å². The zero-order chi connectivity index (χ0) is 24.7. The highest BCUT2D eigenvalue weighted by atomic mass is 32.2. The lowest BCUT2D eigenvalue weighted by Crippen LogP contribution is -2.40. The molecule has 1 aliphatic heterocycles. The van der Waals surface area contributed by atoms with Crippen LogP contribution in [0.1, 0.15) is 22.8 Å². The van der Waals surface area contributed by atoms with E-state index >= 15 is 0 Å². The second-order valence-corrected chi connectivity index (χ2v) is 9.72. The Morgan fingerprint density at radius 1 is 1.09 bits per heavy atom. The van der Waals surface area contributed by atoms with E-state index in [4.69, 9.17) is 9.47 Å². The fourth-order valence-corrected chi connectivity index (χ4v) is 4.52. The number of carbonyl (C=O) groups is 2. The Morgan fingerprint density at radius 3 is 2.41 bits per heavy atom. The zero-order valence-electron chi connectivity index (χ0n) is 19.4. The fraction of sp³-hybridized carbons (Fsp3) is 0.348. The molecule has 2 aromatic carbocycles. The SMILES string of the molecule is C/C(=N/NC(=O)c1cccc(S(=O)(=O)N2CCOCC2)c1)c1ccc(OCC(=O)N(C)C)cc1. The third kappa shape index (κ3) is 6.40. The number of likely N-dealkylation sites (N-methyl/N-ethyl adjacent to an activating group) is 1. The first kappa shape index (κ1) is 25.3. The van der Waals surface area contributed by atoms with Gasteiger partial charge in [-0.1, -0.05) is 6.07 Å². The summed E-state index contributed by atoms with van der Waals surface area (Å²) in [4.78, 5) is 25.7. The van der Waals surface area contributed by atoms with Crippen molar-refractivity contribution in [3.05, 3.63) is 59.7 Å². The van der Waals surface area contributed by atoms with E-state index in [-0.39, 0.29) is 36.1 Å². The van der Waals surface area contributed by atoms with Gasteiger partial charge in [-0.3, -0.25) is 9.59 Å². The van der Waals surface area contributed by atoms with Crippen molar-refractivity contribution >= 4 is 27.5 Å². The second-order valence-electron chi connectivity index (χ2n) is 7.78. The van der Waals surface area contributed by atoms with Gasteiger partial charge in [-0.05, 0) is 55.0 Å². The van der Waals surface area contributed by atoms with Gasteiger partial charge in [-0.25, -0.2) is 13.8 Å². The molecule has 182 valence electrons. The van der Waals surface area contributed by atoms with Crippen molar-refractivity contribution in [1.82, 2.24) is 14.6 Å². The molecular weight excluding hydrogens is 460 g/mol. The highest BCUT2D eigenvalue weighted by Gasteiger charge is 2.26. The smallest absolute Gasteiger partial charge is 0.271 e. The van der Waals surface area contributed by atoms with E-state index in [1.807, 2.05) is 0 Å². The number of carbonyl (C=O) groups excluding carboxylic acids is 2. The van der Waals surface area contributed by atoms with Crippen LogP contribution in [0, 0.1) is 0 Å².